The summed E-state index contributed by atoms with van der Waals surface area (Å²) in [6.45, 7) is 3.30. The van der Waals surface area contributed by atoms with Crippen molar-refractivity contribution in [1.82, 2.24) is 15.6 Å². The van der Waals surface area contributed by atoms with Crippen molar-refractivity contribution in [2.75, 3.05) is 13.2 Å². The molecule has 1 aromatic rings. The Kier molecular flexibility index (Phi) is 7.84. The summed E-state index contributed by atoms with van der Waals surface area (Å²) in [7, 11) is 0. The SMILES string of the molecule is CC(C)(CCC(=O)O)NC(=O)COCC(=O)NCc1cccnc1. The predicted molar refractivity (Wildman–Crippen MR) is 86.0 cm³/mol. The van der Waals surface area contributed by atoms with Crippen LogP contribution in [0.1, 0.15) is 32.3 Å². The number of aromatic nitrogens is 1. The highest BCUT2D eigenvalue weighted by molar-refractivity contribution is 5.80. The first-order valence-electron chi connectivity index (χ1n) is 7.55. The van der Waals surface area contributed by atoms with E-state index in [0.717, 1.165) is 5.56 Å². The first kappa shape index (κ1) is 19.6. The van der Waals surface area contributed by atoms with Gasteiger partial charge in [0.25, 0.3) is 0 Å². The Bertz CT molecular complexity index is 560. The number of ether oxygens (including phenoxy) is 1. The Morgan fingerprint density at radius 3 is 2.58 bits per heavy atom. The van der Waals surface area contributed by atoms with Crippen LogP contribution in [0, 0.1) is 0 Å². The molecule has 8 nitrogen and oxygen atoms in total. The molecule has 8 heteroatoms. The van der Waals surface area contributed by atoms with E-state index in [-0.39, 0.29) is 25.5 Å². The molecule has 0 saturated carbocycles. The summed E-state index contributed by atoms with van der Waals surface area (Å²) in [5, 5.41) is 14.0. The van der Waals surface area contributed by atoms with Gasteiger partial charge in [-0.3, -0.25) is 19.4 Å². The summed E-state index contributed by atoms with van der Waals surface area (Å²) in [4.78, 5) is 37.8. The summed E-state index contributed by atoms with van der Waals surface area (Å²) < 4.78 is 5.06. The molecule has 0 saturated heterocycles. The number of nitrogens with zero attached hydrogens (tertiary/aromatic N) is 1. The van der Waals surface area contributed by atoms with Crippen LogP contribution in [0.3, 0.4) is 0 Å². The molecule has 0 bridgehead atoms. The highest BCUT2D eigenvalue weighted by Gasteiger charge is 2.21. The third kappa shape index (κ3) is 8.84. The van der Waals surface area contributed by atoms with E-state index in [2.05, 4.69) is 15.6 Å². The van der Waals surface area contributed by atoms with Crippen LogP contribution < -0.4 is 10.6 Å². The lowest BCUT2D eigenvalue weighted by Gasteiger charge is -2.25. The van der Waals surface area contributed by atoms with E-state index in [9.17, 15) is 14.4 Å². The molecule has 0 atom stereocenters. The number of aliphatic carboxylic acids is 1. The lowest BCUT2D eigenvalue weighted by Crippen LogP contribution is -2.45. The number of carbonyl (C=O) groups excluding carboxylic acids is 2. The van der Waals surface area contributed by atoms with Gasteiger partial charge in [0.05, 0.1) is 0 Å². The number of hydrogen-bond donors (Lipinski definition) is 3. The third-order valence-electron chi connectivity index (χ3n) is 3.12. The molecule has 24 heavy (non-hydrogen) atoms. The quantitative estimate of drug-likeness (QED) is 0.571. The van der Waals surface area contributed by atoms with E-state index < -0.39 is 17.4 Å². The molecular formula is C16H23N3O5. The van der Waals surface area contributed by atoms with Crippen LogP contribution in [0.25, 0.3) is 0 Å². The minimum Gasteiger partial charge on any atom is -0.481 e. The highest BCUT2D eigenvalue weighted by Crippen LogP contribution is 2.10. The number of hydrogen-bond acceptors (Lipinski definition) is 5. The Hall–Kier alpha value is -2.48. The standard InChI is InChI=1S/C16H23N3O5/c1-16(2,6-5-15(22)23)19-14(21)11-24-10-13(20)18-9-12-4-3-7-17-8-12/h3-4,7-8H,5-6,9-11H2,1-2H3,(H,18,20)(H,19,21)(H,22,23). The van der Waals surface area contributed by atoms with Crippen LogP contribution in [-0.2, 0) is 25.7 Å². The summed E-state index contributed by atoms with van der Waals surface area (Å²) in [5.74, 6) is -1.65. The van der Waals surface area contributed by atoms with Crippen molar-refractivity contribution in [3.8, 4) is 0 Å². The van der Waals surface area contributed by atoms with Crippen molar-refractivity contribution in [3.05, 3.63) is 30.1 Å². The molecule has 0 aliphatic heterocycles. The van der Waals surface area contributed by atoms with Crippen LogP contribution in [-0.4, -0.2) is 46.6 Å². The van der Waals surface area contributed by atoms with Gasteiger partial charge in [0.2, 0.25) is 11.8 Å². The number of nitrogens with one attached hydrogen (secondary N) is 2. The molecule has 0 fully saturated rings. The van der Waals surface area contributed by atoms with Crippen LogP contribution >= 0.6 is 0 Å². The van der Waals surface area contributed by atoms with Gasteiger partial charge in [-0.2, -0.15) is 0 Å². The monoisotopic (exact) mass is 337 g/mol. The minimum absolute atomic E-state index is 0.0368. The first-order valence-corrected chi connectivity index (χ1v) is 7.55. The molecule has 2 amide bonds. The van der Waals surface area contributed by atoms with Crippen LogP contribution in [0.5, 0.6) is 0 Å². The molecule has 1 rings (SSSR count). The van der Waals surface area contributed by atoms with Crippen molar-refractivity contribution in [2.45, 2.75) is 38.8 Å². The Morgan fingerprint density at radius 1 is 1.25 bits per heavy atom. The molecule has 0 unspecified atom stereocenters. The largest absolute Gasteiger partial charge is 0.481 e. The van der Waals surface area contributed by atoms with Gasteiger partial charge in [-0.25, -0.2) is 0 Å². The highest BCUT2D eigenvalue weighted by atomic mass is 16.5. The molecule has 0 spiro atoms. The van der Waals surface area contributed by atoms with Gasteiger partial charge < -0.3 is 20.5 Å². The average Bonchev–Trinajstić information content (AvgIpc) is 2.51. The van der Waals surface area contributed by atoms with E-state index >= 15 is 0 Å². The number of pyridine rings is 1. The number of rotatable bonds is 10. The molecular weight excluding hydrogens is 314 g/mol. The molecule has 0 aromatic carbocycles. The first-order chi connectivity index (χ1) is 11.3. The summed E-state index contributed by atoms with van der Waals surface area (Å²) in [6, 6.07) is 3.61. The maximum absolute atomic E-state index is 11.7. The summed E-state index contributed by atoms with van der Waals surface area (Å²) in [6.07, 6.45) is 3.56. The van der Waals surface area contributed by atoms with Crippen LogP contribution in [0.15, 0.2) is 24.5 Å². The Labute approximate surface area is 140 Å². The predicted octanol–water partition coefficient (Wildman–Crippen LogP) is 0.474. The second kappa shape index (κ2) is 9.61. The van der Waals surface area contributed by atoms with E-state index in [0.29, 0.717) is 13.0 Å². The maximum Gasteiger partial charge on any atom is 0.303 e. The zero-order valence-electron chi connectivity index (χ0n) is 13.9. The van der Waals surface area contributed by atoms with Gasteiger partial charge in [-0.05, 0) is 31.9 Å². The van der Waals surface area contributed by atoms with Crippen molar-refractivity contribution in [2.24, 2.45) is 0 Å². The fourth-order valence-electron chi connectivity index (χ4n) is 1.89. The molecule has 3 N–H and O–H groups in total. The van der Waals surface area contributed by atoms with Crippen molar-refractivity contribution in [3.63, 3.8) is 0 Å². The van der Waals surface area contributed by atoms with Crippen LogP contribution in [0.2, 0.25) is 0 Å². The van der Waals surface area contributed by atoms with E-state index in [1.807, 2.05) is 6.07 Å². The lowest BCUT2D eigenvalue weighted by atomic mass is 9.98. The van der Waals surface area contributed by atoms with Crippen molar-refractivity contribution >= 4 is 17.8 Å². The van der Waals surface area contributed by atoms with Crippen molar-refractivity contribution < 1.29 is 24.2 Å². The summed E-state index contributed by atoms with van der Waals surface area (Å²) in [5.41, 5.74) is 0.213. The van der Waals surface area contributed by atoms with E-state index in [4.69, 9.17) is 9.84 Å². The van der Waals surface area contributed by atoms with Gasteiger partial charge >= 0.3 is 5.97 Å². The normalized spacial score (nSPS) is 10.9. The molecule has 0 aliphatic carbocycles. The number of carboxylic acid groups (broad SMARTS) is 1. The van der Waals surface area contributed by atoms with Gasteiger partial charge in [0, 0.05) is 30.9 Å². The molecule has 132 valence electrons. The van der Waals surface area contributed by atoms with E-state index in [1.165, 1.54) is 0 Å². The third-order valence-corrected chi connectivity index (χ3v) is 3.12. The van der Waals surface area contributed by atoms with Gasteiger partial charge in [-0.1, -0.05) is 6.07 Å². The fraction of sp³-hybridized carbons (Fsp3) is 0.500. The number of carbonyl (C=O) groups is 3. The summed E-state index contributed by atoms with van der Waals surface area (Å²) >= 11 is 0. The lowest BCUT2D eigenvalue weighted by molar-refractivity contribution is -0.138. The second-order valence-electron chi connectivity index (χ2n) is 5.96. The molecule has 1 aromatic heterocycles. The number of amides is 2. The smallest absolute Gasteiger partial charge is 0.303 e. The average molecular weight is 337 g/mol. The van der Waals surface area contributed by atoms with E-state index in [1.54, 1.807) is 32.3 Å². The topological polar surface area (TPSA) is 118 Å². The molecule has 1 heterocycles. The molecule has 0 radical (unpaired) electrons. The second-order valence-corrected chi connectivity index (χ2v) is 5.96. The minimum atomic E-state index is -0.918. The van der Waals surface area contributed by atoms with Crippen molar-refractivity contribution in [1.29, 1.82) is 0 Å². The van der Waals surface area contributed by atoms with Crippen LogP contribution in [0.4, 0.5) is 0 Å². The number of carboxylic acids is 1. The van der Waals surface area contributed by atoms with Gasteiger partial charge in [-0.15, -0.1) is 0 Å². The Balaban J connectivity index is 2.20. The molecule has 0 aliphatic rings. The zero-order valence-corrected chi connectivity index (χ0v) is 13.9. The Morgan fingerprint density at radius 2 is 1.96 bits per heavy atom. The maximum atomic E-state index is 11.7. The zero-order chi connectivity index (χ0) is 18.0. The fourth-order valence-corrected chi connectivity index (χ4v) is 1.89. The van der Waals surface area contributed by atoms with Gasteiger partial charge in [0.1, 0.15) is 13.2 Å². The van der Waals surface area contributed by atoms with Gasteiger partial charge in [0.15, 0.2) is 0 Å².